The lowest BCUT2D eigenvalue weighted by molar-refractivity contribution is 0.102. The Bertz CT molecular complexity index is 657. The molecule has 0 aliphatic rings. The van der Waals surface area contributed by atoms with Gasteiger partial charge in [0.25, 0.3) is 5.91 Å². The highest BCUT2D eigenvalue weighted by molar-refractivity contribution is 9.10. The normalized spacial score (nSPS) is 10.0. The fraction of sp³-hybridized carbons (Fsp3) is 0.133. The number of halogens is 1. The van der Waals surface area contributed by atoms with Crippen LogP contribution in [0.15, 0.2) is 40.9 Å². The molecule has 3 N–H and O–H groups in total. The van der Waals surface area contributed by atoms with E-state index in [1.807, 2.05) is 0 Å². The molecule has 2 aromatic rings. The summed E-state index contributed by atoms with van der Waals surface area (Å²) in [5, 5.41) is 2.76. The predicted molar refractivity (Wildman–Crippen MR) is 86.1 cm³/mol. The number of hydrogen-bond donors (Lipinski definition) is 2. The maximum absolute atomic E-state index is 12.2. The minimum Gasteiger partial charge on any atom is -0.493 e. The molecule has 0 radical (unpaired) electrons. The van der Waals surface area contributed by atoms with Gasteiger partial charge in [0.2, 0.25) is 0 Å². The third-order valence-corrected chi connectivity index (χ3v) is 3.44. The Morgan fingerprint density at radius 2 is 1.67 bits per heavy atom. The van der Waals surface area contributed by atoms with Gasteiger partial charge in [0.15, 0.2) is 11.5 Å². The van der Waals surface area contributed by atoms with Crippen LogP contribution < -0.4 is 20.5 Å². The van der Waals surface area contributed by atoms with Crippen LogP contribution in [0.25, 0.3) is 0 Å². The number of amides is 1. The molecule has 2 aromatic carbocycles. The van der Waals surface area contributed by atoms with Gasteiger partial charge < -0.3 is 20.5 Å². The molecule has 0 saturated heterocycles. The molecule has 0 aliphatic carbocycles. The second kappa shape index (κ2) is 6.49. The highest BCUT2D eigenvalue weighted by Crippen LogP contribution is 2.35. The topological polar surface area (TPSA) is 73.6 Å². The van der Waals surface area contributed by atoms with Gasteiger partial charge in [-0.1, -0.05) is 15.9 Å². The van der Waals surface area contributed by atoms with Gasteiger partial charge in [0.05, 0.1) is 25.6 Å². The number of methoxy groups -OCH3 is 2. The molecular formula is C15H15BrN2O3. The number of rotatable bonds is 4. The molecule has 21 heavy (non-hydrogen) atoms. The Hall–Kier alpha value is -2.21. The van der Waals surface area contributed by atoms with E-state index < -0.39 is 0 Å². The highest BCUT2D eigenvalue weighted by Gasteiger charge is 2.12. The monoisotopic (exact) mass is 350 g/mol. The van der Waals surface area contributed by atoms with Gasteiger partial charge >= 0.3 is 0 Å². The quantitative estimate of drug-likeness (QED) is 0.829. The van der Waals surface area contributed by atoms with Gasteiger partial charge in [-0.3, -0.25) is 4.79 Å². The number of hydrogen-bond acceptors (Lipinski definition) is 4. The van der Waals surface area contributed by atoms with E-state index in [0.717, 1.165) is 4.47 Å². The SMILES string of the molecule is COc1cc(N)c(NC(=O)c2ccc(Br)cc2)cc1OC. The van der Waals surface area contributed by atoms with Gasteiger partial charge in [0, 0.05) is 22.2 Å². The Morgan fingerprint density at radius 1 is 1.10 bits per heavy atom. The summed E-state index contributed by atoms with van der Waals surface area (Å²) in [6, 6.07) is 10.3. The maximum Gasteiger partial charge on any atom is 0.255 e. The lowest BCUT2D eigenvalue weighted by atomic mass is 10.2. The molecule has 0 aromatic heterocycles. The predicted octanol–water partition coefficient (Wildman–Crippen LogP) is 3.30. The van der Waals surface area contributed by atoms with Crippen LogP contribution in [0.5, 0.6) is 11.5 Å². The number of anilines is 2. The Balaban J connectivity index is 2.26. The zero-order valence-electron chi connectivity index (χ0n) is 11.6. The third-order valence-electron chi connectivity index (χ3n) is 2.91. The Labute approximate surface area is 131 Å². The second-order valence-corrected chi connectivity index (χ2v) is 5.17. The summed E-state index contributed by atoms with van der Waals surface area (Å²) >= 11 is 3.33. The van der Waals surface area contributed by atoms with Crippen LogP contribution in [0.4, 0.5) is 11.4 Å². The summed E-state index contributed by atoms with van der Waals surface area (Å²) in [7, 11) is 3.05. The number of ether oxygens (including phenoxy) is 2. The van der Waals surface area contributed by atoms with Crippen molar-refractivity contribution in [1.29, 1.82) is 0 Å². The van der Waals surface area contributed by atoms with E-state index in [9.17, 15) is 4.79 Å². The standard InChI is InChI=1S/C15H15BrN2O3/c1-20-13-7-11(17)12(8-14(13)21-2)18-15(19)9-3-5-10(16)6-4-9/h3-8H,17H2,1-2H3,(H,18,19). The molecule has 0 fully saturated rings. The van der Waals surface area contributed by atoms with Crippen LogP contribution in [-0.2, 0) is 0 Å². The van der Waals surface area contributed by atoms with Crippen molar-refractivity contribution in [1.82, 2.24) is 0 Å². The summed E-state index contributed by atoms with van der Waals surface area (Å²) in [6.45, 7) is 0. The third kappa shape index (κ3) is 3.46. The van der Waals surface area contributed by atoms with Gasteiger partial charge in [-0.2, -0.15) is 0 Å². The lowest BCUT2D eigenvalue weighted by Crippen LogP contribution is -2.13. The molecule has 2 rings (SSSR count). The average molecular weight is 351 g/mol. The van der Waals surface area contributed by atoms with Crippen molar-refractivity contribution in [2.45, 2.75) is 0 Å². The van der Waals surface area contributed by atoms with E-state index in [-0.39, 0.29) is 5.91 Å². The van der Waals surface area contributed by atoms with Gasteiger partial charge in [-0.25, -0.2) is 0 Å². The number of nitrogens with two attached hydrogens (primary N) is 1. The molecule has 6 heteroatoms. The minimum absolute atomic E-state index is 0.249. The van der Waals surface area contributed by atoms with E-state index >= 15 is 0 Å². The summed E-state index contributed by atoms with van der Waals surface area (Å²) in [5.41, 5.74) is 7.32. The van der Waals surface area contributed by atoms with Gasteiger partial charge in [-0.15, -0.1) is 0 Å². The molecular weight excluding hydrogens is 336 g/mol. The average Bonchev–Trinajstić information content (AvgIpc) is 2.49. The van der Waals surface area contributed by atoms with E-state index in [2.05, 4.69) is 21.2 Å². The molecule has 0 bridgehead atoms. The van der Waals surface area contributed by atoms with Crippen molar-refractivity contribution in [3.8, 4) is 11.5 Å². The molecule has 1 amide bonds. The van der Waals surface area contributed by atoms with Crippen molar-refractivity contribution in [2.24, 2.45) is 0 Å². The molecule has 0 heterocycles. The fourth-order valence-corrected chi connectivity index (χ4v) is 2.06. The van der Waals surface area contributed by atoms with E-state index in [4.69, 9.17) is 15.2 Å². The van der Waals surface area contributed by atoms with E-state index in [0.29, 0.717) is 28.4 Å². The van der Waals surface area contributed by atoms with Crippen molar-refractivity contribution >= 4 is 33.2 Å². The molecule has 0 saturated carbocycles. The number of carbonyl (C=O) groups excluding carboxylic acids is 1. The van der Waals surface area contributed by atoms with E-state index in [1.54, 1.807) is 36.4 Å². The van der Waals surface area contributed by atoms with Gasteiger partial charge in [-0.05, 0) is 24.3 Å². The zero-order valence-corrected chi connectivity index (χ0v) is 13.2. The first kappa shape index (κ1) is 15.2. The summed E-state index contributed by atoms with van der Waals surface area (Å²) in [4.78, 5) is 12.2. The smallest absolute Gasteiger partial charge is 0.255 e. The van der Waals surface area contributed by atoms with Crippen LogP contribution in [0.2, 0.25) is 0 Å². The summed E-state index contributed by atoms with van der Waals surface area (Å²) < 4.78 is 11.3. The fourth-order valence-electron chi connectivity index (χ4n) is 1.80. The lowest BCUT2D eigenvalue weighted by Gasteiger charge is -2.13. The van der Waals surface area contributed by atoms with Crippen LogP contribution >= 0.6 is 15.9 Å². The Kier molecular flexibility index (Phi) is 4.70. The summed E-state index contributed by atoms with van der Waals surface area (Å²) in [6.07, 6.45) is 0. The molecule has 0 spiro atoms. The van der Waals surface area contributed by atoms with Crippen molar-refractivity contribution in [3.05, 3.63) is 46.4 Å². The van der Waals surface area contributed by atoms with E-state index in [1.165, 1.54) is 14.2 Å². The molecule has 5 nitrogen and oxygen atoms in total. The van der Waals surface area contributed by atoms with Crippen LogP contribution in [0.1, 0.15) is 10.4 Å². The first-order chi connectivity index (χ1) is 10.0. The van der Waals surface area contributed by atoms with Crippen LogP contribution in [0, 0.1) is 0 Å². The van der Waals surface area contributed by atoms with Crippen LogP contribution in [0.3, 0.4) is 0 Å². The second-order valence-electron chi connectivity index (χ2n) is 4.26. The zero-order chi connectivity index (χ0) is 15.4. The van der Waals surface area contributed by atoms with Gasteiger partial charge in [0.1, 0.15) is 0 Å². The maximum atomic E-state index is 12.2. The largest absolute Gasteiger partial charge is 0.493 e. The number of nitrogens with one attached hydrogen (secondary N) is 1. The number of nitrogen functional groups attached to an aromatic ring is 1. The molecule has 0 unspecified atom stereocenters. The van der Waals surface area contributed by atoms with Crippen molar-refractivity contribution in [2.75, 3.05) is 25.3 Å². The molecule has 0 atom stereocenters. The van der Waals surface area contributed by atoms with Crippen molar-refractivity contribution < 1.29 is 14.3 Å². The minimum atomic E-state index is -0.249. The highest BCUT2D eigenvalue weighted by atomic mass is 79.9. The first-order valence-electron chi connectivity index (χ1n) is 6.13. The number of benzene rings is 2. The van der Waals surface area contributed by atoms with Crippen LogP contribution in [-0.4, -0.2) is 20.1 Å². The Morgan fingerprint density at radius 3 is 2.24 bits per heavy atom. The molecule has 0 aliphatic heterocycles. The summed E-state index contributed by atoms with van der Waals surface area (Å²) in [5.74, 6) is 0.760. The molecule has 110 valence electrons. The first-order valence-corrected chi connectivity index (χ1v) is 6.93. The van der Waals surface area contributed by atoms with Crippen molar-refractivity contribution in [3.63, 3.8) is 0 Å². The number of carbonyl (C=O) groups is 1.